The second-order valence-corrected chi connectivity index (χ2v) is 7.66. The van der Waals surface area contributed by atoms with Crippen molar-refractivity contribution in [2.75, 3.05) is 31.1 Å². The Labute approximate surface area is 157 Å². The van der Waals surface area contributed by atoms with Crippen LogP contribution >= 0.6 is 0 Å². The average molecular weight is 360 g/mol. The molecule has 1 saturated heterocycles. The van der Waals surface area contributed by atoms with Crippen LogP contribution in [0.25, 0.3) is 0 Å². The molecule has 26 heavy (non-hydrogen) atoms. The van der Waals surface area contributed by atoms with Gasteiger partial charge in [-0.1, -0.05) is 57.5 Å². The standard InChI is InChI=1S/C21H33N3O2/c1-5-8-17(4)21(25)24-13-11-23(12-14-24)20-10-7-6-9-18(20)19(22-26)15-16(2)3/h6-7,9-10,16-17,26H,5,8,11-15H2,1-4H3/b22-19+. The van der Waals surface area contributed by atoms with E-state index >= 15 is 0 Å². The van der Waals surface area contributed by atoms with Gasteiger partial charge in [0.15, 0.2) is 0 Å². The highest BCUT2D eigenvalue weighted by molar-refractivity contribution is 6.05. The summed E-state index contributed by atoms with van der Waals surface area (Å²) in [6.07, 6.45) is 2.73. The number of nitrogens with zero attached hydrogens (tertiary/aromatic N) is 3. The van der Waals surface area contributed by atoms with Gasteiger partial charge in [0, 0.05) is 43.3 Å². The number of carbonyl (C=O) groups excluding carboxylic acids is 1. The van der Waals surface area contributed by atoms with Gasteiger partial charge in [-0.15, -0.1) is 0 Å². The zero-order chi connectivity index (χ0) is 19.1. The number of carbonyl (C=O) groups is 1. The molecular formula is C21H33N3O2. The van der Waals surface area contributed by atoms with Gasteiger partial charge in [-0.2, -0.15) is 0 Å². The Kier molecular flexibility index (Phi) is 7.49. The first-order valence-corrected chi connectivity index (χ1v) is 9.82. The molecule has 1 aromatic rings. The third-order valence-corrected chi connectivity index (χ3v) is 5.01. The van der Waals surface area contributed by atoms with Crippen molar-refractivity contribution in [1.29, 1.82) is 0 Å². The Morgan fingerprint density at radius 3 is 2.38 bits per heavy atom. The van der Waals surface area contributed by atoms with Crippen LogP contribution in [0, 0.1) is 11.8 Å². The predicted octanol–water partition coefficient (Wildman–Crippen LogP) is 4.00. The van der Waals surface area contributed by atoms with Crippen LogP contribution in [0.15, 0.2) is 29.4 Å². The summed E-state index contributed by atoms with van der Waals surface area (Å²) in [5.74, 6) is 0.804. The van der Waals surface area contributed by atoms with Crippen molar-refractivity contribution in [1.82, 2.24) is 4.90 Å². The smallest absolute Gasteiger partial charge is 0.225 e. The Balaban J connectivity index is 2.09. The zero-order valence-corrected chi connectivity index (χ0v) is 16.6. The molecule has 1 heterocycles. The van der Waals surface area contributed by atoms with Crippen molar-refractivity contribution in [2.45, 2.75) is 47.0 Å². The molecule has 2 rings (SSSR count). The lowest BCUT2D eigenvalue weighted by Gasteiger charge is -2.38. The molecule has 5 nitrogen and oxygen atoms in total. The maximum Gasteiger partial charge on any atom is 0.225 e. The lowest BCUT2D eigenvalue weighted by atomic mass is 9.98. The number of oxime groups is 1. The zero-order valence-electron chi connectivity index (χ0n) is 16.6. The van der Waals surface area contributed by atoms with Gasteiger partial charge in [0.25, 0.3) is 0 Å². The van der Waals surface area contributed by atoms with E-state index in [1.54, 1.807) is 0 Å². The Bertz CT molecular complexity index is 619. The van der Waals surface area contributed by atoms with Gasteiger partial charge in [-0.3, -0.25) is 4.79 Å². The molecule has 1 aliphatic rings. The summed E-state index contributed by atoms with van der Waals surface area (Å²) in [6, 6.07) is 8.10. The van der Waals surface area contributed by atoms with Gasteiger partial charge < -0.3 is 15.0 Å². The third-order valence-electron chi connectivity index (χ3n) is 5.01. The largest absolute Gasteiger partial charge is 0.411 e. The van der Waals surface area contributed by atoms with E-state index in [1.807, 2.05) is 30.0 Å². The summed E-state index contributed by atoms with van der Waals surface area (Å²) in [5.41, 5.74) is 2.81. The summed E-state index contributed by atoms with van der Waals surface area (Å²) in [6.45, 7) is 11.5. The number of piperazine rings is 1. The third kappa shape index (κ3) is 4.99. The average Bonchev–Trinajstić information content (AvgIpc) is 2.65. The lowest BCUT2D eigenvalue weighted by Crippen LogP contribution is -2.50. The number of hydrogen-bond donors (Lipinski definition) is 1. The first-order chi connectivity index (χ1) is 12.5. The predicted molar refractivity (Wildman–Crippen MR) is 107 cm³/mol. The summed E-state index contributed by atoms with van der Waals surface area (Å²) in [7, 11) is 0. The Morgan fingerprint density at radius 1 is 1.15 bits per heavy atom. The molecule has 0 spiro atoms. The molecule has 0 aromatic heterocycles. The molecule has 0 bridgehead atoms. The molecule has 1 aliphatic heterocycles. The van der Waals surface area contributed by atoms with Crippen molar-refractivity contribution in [3.05, 3.63) is 29.8 Å². The number of amides is 1. The van der Waals surface area contributed by atoms with Gasteiger partial charge in [0.05, 0.1) is 5.71 Å². The number of anilines is 1. The maximum absolute atomic E-state index is 12.5. The maximum atomic E-state index is 12.5. The summed E-state index contributed by atoms with van der Waals surface area (Å²) in [4.78, 5) is 16.8. The molecule has 0 radical (unpaired) electrons. The molecule has 1 atom stereocenters. The number of hydrogen-bond acceptors (Lipinski definition) is 4. The summed E-state index contributed by atoms with van der Waals surface area (Å²) < 4.78 is 0. The normalized spacial score (nSPS) is 16.9. The van der Waals surface area contributed by atoms with E-state index in [1.165, 1.54) is 0 Å². The van der Waals surface area contributed by atoms with Crippen LogP contribution < -0.4 is 4.90 Å². The first-order valence-electron chi connectivity index (χ1n) is 9.82. The molecule has 5 heteroatoms. The minimum absolute atomic E-state index is 0.109. The molecule has 0 saturated carbocycles. The van der Waals surface area contributed by atoms with Crippen LogP contribution in [0.5, 0.6) is 0 Å². The second kappa shape index (κ2) is 9.60. The molecule has 1 aromatic carbocycles. The van der Waals surface area contributed by atoms with Crippen molar-refractivity contribution in [3.63, 3.8) is 0 Å². The number of rotatable bonds is 7. The molecule has 1 fully saturated rings. The van der Waals surface area contributed by atoms with Crippen LogP contribution in [-0.2, 0) is 4.79 Å². The Morgan fingerprint density at radius 2 is 1.81 bits per heavy atom. The molecular weight excluding hydrogens is 326 g/mol. The van der Waals surface area contributed by atoms with E-state index in [0.29, 0.717) is 5.92 Å². The molecule has 1 amide bonds. The van der Waals surface area contributed by atoms with Crippen LogP contribution in [-0.4, -0.2) is 47.9 Å². The van der Waals surface area contributed by atoms with Gasteiger partial charge in [-0.25, -0.2) is 0 Å². The highest BCUT2D eigenvalue weighted by atomic mass is 16.4. The summed E-state index contributed by atoms with van der Waals surface area (Å²) in [5, 5.41) is 13.1. The highest BCUT2D eigenvalue weighted by Gasteiger charge is 2.26. The molecule has 1 N–H and O–H groups in total. The number of para-hydroxylation sites is 1. The van der Waals surface area contributed by atoms with Crippen LogP contribution in [0.4, 0.5) is 5.69 Å². The number of benzene rings is 1. The lowest BCUT2D eigenvalue weighted by molar-refractivity contribution is -0.135. The van der Waals surface area contributed by atoms with E-state index in [4.69, 9.17) is 0 Å². The molecule has 1 unspecified atom stereocenters. The van der Waals surface area contributed by atoms with Crippen LogP contribution in [0.2, 0.25) is 0 Å². The minimum atomic E-state index is 0.109. The quantitative estimate of drug-likeness (QED) is 0.455. The van der Waals surface area contributed by atoms with Gasteiger partial charge >= 0.3 is 0 Å². The Hall–Kier alpha value is -2.04. The van der Waals surface area contributed by atoms with Crippen LogP contribution in [0.1, 0.15) is 52.5 Å². The minimum Gasteiger partial charge on any atom is -0.411 e. The van der Waals surface area contributed by atoms with Crippen molar-refractivity contribution in [2.24, 2.45) is 17.0 Å². The first kappa shape index (κ1) is 20.3. The van der Waals surface area contributed by atoms with Crippen molar-refractivity contribution < 1.29 is 10.0 Å². The van der Waals surface area contributed by atoms with E-state index < -0.39 is 0 Å². The van der Waals surface area contributed by atoms with E-state index in [2.05, 4.69) is 36.9 Å². The summed E-state index contributed by atoms with van der Waals surface area (Å²) >= 11 is 0. The fourth-order valence-electron chi connectivity index (χ4n) is 3.62. The van der Waals surface area contributed by atoms with Gasteiger partial charge in [-0.05, 0) is 24.8 Å². The highest BCUT2D eigenvalue weighted by Crippen LogP contribution is 2.25. The SMILES string of the molecule is CCCC(C)C(=O)N1CCN(c2ccccc2/C(CC(C)C)=N/O)CC1. The fraction of sp³-hybridized carbons (Fsp3) is 0.619. The topological polar surface area (TPSA) is 56.1 Å². The van der Waals surface area contributed by atoms with Crippen molar-refractivity contribution >= 4 is 17.3 Å². The molecule has 144 valence electrons. The van der Waals surface area contributed by atoms with Gasteiger partial charge in [0.2, 0.25) is 5.91 Å². The van der Waals surface area contributed by atoms with E-state index in [0.717, 1.165) is 62.4 Å². The van der Waals surface area contributed by atoms with Crippen LogP contribution in [0.3, 0.4) is 0 Å². The monoisotopic (exact) mass is 359 g/mol. The van der Waals surface area contributed by atoms with Gasteiger partial charge in [0.1, 0.15) is 0 Å². The fourth-order valence-corrected chi connectivity index (χ4v) is 3.62. The molecule has 0 aliphatic carbocycles. The van der Waals surface area contributed by atoms with Crippen molar-refractivity contribution in [3.8, 4) is 0 Å². The second-order valence-electron chi connectivity index (χ2n) is 7.66. The van der Waals surface area contributed by atoms with E-state index in [-0.39, 0.29) is 11.8 Å². The van der Waals surface area contributed by atoms with E-state index in [9.17, 15) is 10.0 Å².